The molecule has 2 fully saturated rings. The van der Waals surface area contributed by atoms with Crippen molar-refractivity contribution in [3.8, 4) is 5.75 Å². The van der Waals surface area contributed by atoms with Gasteiger partial charge in [-0.05, 0) is 30.3 Å². The number of alkyl halides is 3. The molecule has 0 N–H and O–H groups in total. The molecule has 0 radical (unpaired) electrons. The van der Waals surface area contributed by atoms with Crippen LogP contribution >= 0.6 is 11.6 Å². The number of piperazine rings is 1. The summed E-state index contributed by atoms with van der Waals surface area (Å²) < 4.78 is 44.9. The highest BCUT2D eigenvalue weighted by Crippen LogP contribution is 2.38. The number of hydrogen-bond donors (Lipinski definition) is 0. The van der Waals surface area contributed by atoms with E-state index in [2.05, 4.69) is 4.90 Å². The van der Waals surface area contributed by atoms with Gasteiger partial charge in [0, 0.05) is 37.9 Å². The number of imide groups is 1. The molecule has 10 heteroatoms. The molecule has 0 aliphatic carbocycles. The standard InChI is InChI=1S/C22H21ClF3N3O3/c1-32-16-4-2-3-14(11-16)27-7-9-28(10-8-27)19-13-20(30)29(21(19)31)15-5-6-18(23)17(12-15)22(24,25)26/h2-6,11-12,19H,7-10,13H2,1H3. The first-order valence-electron chi connectivity index (χ1n) is 10.1. The van der Waals surface area contributed by atoms with E-state index in [0.29, 0.717) is 26.2 Å². The number of carbonyl (C=O) groups is 2. The van der Waals surface area contributed by atoms with Gasteiger partial charge in [0.05, 0.1) is 35.8 Å². The molecule has 2 heterocycles. The fourth-order valence-electron chi connectivity index (χ4n) is 4.14. The maximum absolute atomic E-state index is 13.2. The lowest BCUT2D eigenvalue weighted by Gasteiger charge is -2.38. The monoisotopic (exact) mass is 467 g/mol. The maximum Gasteiger partial charge on any atom is 0.417 e. The zero-order valence-electron chi connectivity index (χ0n) is 17.2. The van der Waals surface area contributed by atoms with Crippen LogP contribution < -0.4 is 14.5 Å². The Bertz CT molecular complexity index is 1040. The molecule has 0 spiro atoms. The molecule has 1 atom stereocenters. The van der Waals surface area contributed by atoms with E-state index in [1.165, 1.54) is 6.07 Å². The Morgan fingerprint density at radius 1 is 1.00 bits per heavy atom. The molecule has 0 aromatic heterocycles. The van der Waals surface area contributed by atoms with E-state index in [1.54, 1.807) is 7.11 Å². The lowest BCUT2D eigenvalue weighted by atomic mass is 10.1. The minimum atomic E-state index is -4.69. The SMILES string of the molecule is COc1cccc(N2CCN(C3CC(=O)N(c4ccc(Cl)c(C(F)(F)F)c4)C3=O)CC2)c1. The Morgan fingerprint density at radius 2 is 1.72 bits per heavy atom. The first-order chi connectivity index (χ1) is 15.2. The van der Waals surface area contributed by atoms with Gasteiger partial charge < -0.3 is 9.64 Å². The van der Waals surface area contributed by atoms with Crippen molar-refractivity contribution >= 4 is 34.8 Å². The van der Waals surface area contributed by atoms with Crippen molar-refractivity contribution in [3.05, 3.63) is 53.1 Å². The fourth-order valence-corrected chi connectivity index (χ4v) is 4.37. The van der Waals surface area contributed by atoms with Crippen molar-refractivity contribution in [3.63, 3.8) is 0 Å². The van der Waals surface area contributed by atoms with Crippen molar-refractivity contribution < 1.29 is 27.5 Å². The third-order valence-corrected chi connectivity index (χ3v) is 6.14. The van der Waals surface area contributed by atoms with Gasteiger partial charge in [0.25, 0.3) is 5.91 Å². The average molecular weight is 468 g/mol. The van der Waals surface area contributed by atoms with Gasteiger partial charge in [0.15, 0.2) is 0 Å². The molecule has 2 aliphatic rings. The molecular weight excluding hydrogens is 447 g/mol. The molecule has 0 bridgehead atoms. The number of ether oxygens (including phenoxy) is 1. The molecule has 32 heavy (non-hydrogen) atoms. The highest BCUT2D eigenvalue weighted by atomic mass is 35.5. The molecule has 2 aromatic carbocycles. The highest BCUT2D eigenvalue weighted by Gasteiger charge is 2.44. The van der Waals surface area contributed by atoms with Crippen LogP contribution in [0.3, 0.4) is 0 Å². The molecule has 0 saturated carbocycles. The summed E-state index contributed by atoms with van der Waals surface area (Å²) in [5.41, 5.74) is -0.192. The number of hydrogen-bond acceptors (Lipinski definition) is 5. The van der Waals surface area contributed by atoms with Gasteiger partial charge in [0.1, 0.15) is 5.75 Å². The first kappa shape index (κ1) is 22.4. The highest BCUT2D eigenvalue weighted by molar-refractivity contribution is 6.31. The van der Waals surface area contributed by atoms with E-state index in [-0.39, 0.29) is 12.1 Å². The van der Waals surface area contributed by atoms with Crippen LogP contribution in [0.25, 0.3) is 0 Å². The molecule has 2 aromatic rings. The van der Waals surface area contributed by atoms with Crippen LogP contribution in [0.2, 0.25) is 5.02 Å². The number of benzene rings is 2. The molecule has 4 rings (SSSR count). The van der Waals surface area contributed by atoms with Crippen molar-refractivity contribution in [2.45, 2.75) is 18.6 Å². The van der Waals surface area contributed by atoms with Gasteiger partial charge >= 0.3 is 6.18 Å². The summed E-state index contributed by atoms with van der Waals surface area (Å²) >= 11 is 5.66. The molecule has 1 unspecified atom stereocenters. The molecule has 2 aliphatic heterocycles. The topological polar surface area (TPSA) is 53.1 Å². The van der Waals surface area contributed by atoms with Gasteiger partial charge in [-0.15, -0.1) is 0 Å². The van der Waals surface area contributed by atoms with E-state index in [0.717, 1.165) is 28.5 Å². The predicted molar refractivity (Wildman–Crippen MR) is 114 cm³/mol. The Morgan fingerprint density at radius 3 is 2.38 bits per heavy atom. The average Bonchev–Trinajstić information content (AvgIpc) is 3.07. The summed E-state index contributed by atoms with van der Waals surface area (Å²) in [6.07, 6.45) is -4.75. The van der Waals surface area contributed by atoms with Crippen LogP contribution in [0, 0.1) is 0 Å². The molecule has 2 amide bonds. The minimum Gasteiger partial charge on any atom is -0.497 e. The van der Waals surface area contributed by atoms with Crippen LogP contribution in [-0.2, 0) is 15.8 Å². The van der Waals surface area contributed by atoms with Crippen LogP contribution in [0.4, 0.5) is 24.5 Å². The molecule has 170 valence electrons. The van der Waals surface area contributed by atoms with E-state index < -0.39 is 34.6 Å². The van der Waals surface area contributed by atoms with Gasteiger partial charge in [-0.3, -0.25) is 14.5 Å². The summed E-state index contributed by atoms with van der Waals surface area (Å²) in [6, 6.07) is 10.0. The Hall–Kier alpha value is -2.78. The number of methoxy groups -OCH3 is 1. The second-order valence-electron chi connectivity index (χ2n) is 7.67. The maximum atomic E-state index is 13.2. The smallest absolute Gasteiger partial charge is 0.417 e. The van der Waals surface area contributed by atoms with Gasteiger partial charge in [-0.2, -0.15) is 13.2 Å². The van der Waals surface area contributed by atoms with E-state index in [9.17, 15) is 22.8 Å². The zero-order chi connectivity index (χ0) is 23.0. The fraction of sp³-hybridized carbons (Fsp3) is 0.364. The van der Waals surface area contributed by atoms with Crippen molar-refractivity contribution in [2.24, 2.45) is 0 Å². The van der Waals surface area contributed by atoms with Crippen LogP contribution in [-0.4, -0.2) is 56.0 Å². The summed E-state index contributed by atoms with van der Waals surface area (Å²) in [5, 5.41) is -0.481. The summed E-state index contributed by atoms with van der Waals surface area (Å²) in [7, 11) is 1.60. The number of rotatable bonds is 4. The third-order valence-electron chi connectivity index (χ3n) is 5.81. The summed E-state index contributed by atoms with van der Waals surface area (Å²) in [5.74, 6) is -0.288. The van der Waals surface area contributed by atoms with Crippen LogP contribution in [0.5, 0.6) is 5.75 Å². The summed E-state index contributed by atoms with van der Waals surface area (Å²) in [4.78, 5) is 30.5. The summed E-state index contributed by atoms with van der Waals surface area (Å²) in [6.45, 7) is 2.38. The minimum absolute atomic E-state index is 0.0675. The predicted octanol–water partition coefficient (Wildman–Crippen LogP) is 3.82. The van der Waals surface area contributed by atoms with Crippen LogP contribution in [0.15, 0.2) is 42.5 Å². The quantitative estimate of drug-likeness (QED) is 0.640. The van der Waals surface area contributed by atoms with Gasteiger partial charge in [-0.25, -0.2) is 4.90 Å². The number of anilines is 2. The number of carbonyl (C=O) groups excluding carboxylic acids is 2. The third kappa shape index (κ3) is 4.27. The van der Waals surface area contributed by atoms with Crippen molar-refractivity contribution in [2.75, 3.05) is 43.1 Å². The normalized spacial score (nSPS) is 20.2. The molecular formula is C22H21ClF3N3O3. The lowest BCUT2D eigenvalue weighted by molar-refractivity contribution is -0.137. The Balaban J connectivity index is 1.47. The first-order valence-corrected chi connectivity index (χ1v) is 10.4. The number of nitrogens with zero attached hydrogens (tertiary/aromatic N) is 3. The second kappa shape index (κ2) is 8.63. The lowest BCUT2D eigenvalue weighted by Crippen LogP contribution is -2.52. The Labute approximate surface area is 188 Å². The van der Waals surface area contributed by atoms with Crippen LogP contribution in [0.1, 0.15) is 12.0 Å². The van der Waals surface area contributed by atoms with E-state index in [4.69, 9.17) is 16.3 Å². The van der Waals surface area contributed by atoms with E-state index in [1.807, 2.05) is 29.2 Å². The van der Waals surface area contributed by atoms with Gasteiger partial charge in [-0.1, -0.05) is 17.7 Å². The number of halogens is 4. The van der Waals surface area contributed by atoms with Crippen molar-refractivity contribution in [1.82, 2.24) is 4.90 Å². The second-order valence-corrected chi connectivity index (χ2v) is 8.08. The molecule has 2 saturated heterocycles. The molecule has 6 nitrogen and oxygen atoms in total. The number of amides is 2. The zero-order valence-corrected chi connectivity index (χ0v) is 18.0. The van der Waals surface area contributed by atoms with Gasteiger partial charge in [0.2, 0.25) is 5.91 Å². The Kier molecular flexibility index (Phi) is 6.05. The largest absolute Gasteiger partial charge is 0.497 e. The van der Waals surface area contributed by atoms with E-state index >= 15 is 0 Å². The van der Waals surface area contributed by atoms with Crippen molar-refractivity contribution in [1.29, 1.82) is 0 Å².